The molecule has 0 saturated carbocycles. The van der Waals surface area contributed by atoms with Crippen molar-refractivity contribution < 1.29 is 56.5 Å². The molecule has 17 heteroatoms. The van der Waals surface area contributed by atoms with Gasteiger partial charge in [0, 0.05) is 0 Å². The van der Waals surface area contributed by atoms with Gasteiger partial charge in [0.05, 0.1) is 0 Å². The molecule has 0 N–H and O–H groups in total. The fourth-order valence-corrected chi connectivity index (χ4v) is 1.91. The molecule has 0 aliphatic carbocycles. The SMILES string of the molecule is F[B-](F)(F)F.F[B-](F)(F)F.F[B-](F)(F)F.[K][CH]1CCCOC1. The van der Waals surface area contributed by atoms with Gasteiger partial charge in [0.15, 0.2) is 0 Å². The van der Waals surface area contributed by atoms with E-state index in [1.54, 1.807) is 0 Å². The number of halogens is 12. The molecule has 1 aliphatic heterocycles. The Kier molecular flexibility index (Phi) is 16.8. The average Bonchev–Trinajstić information content (AvgIpc) is 2.09. The summed E-state index contributed by atoms with van der Waals surface area (Å²) in [6.45, 7) is 2.09. The van der Waals surface area contributed by atoms with E-state index in [0.717, 1.165) is 62.2 Å². The molecule has 132 valence electrons. The van der Waals surface area contributed by atoms with Crippen molar-refractivity contribution >= 4 is 70.7 Å². The maximum absolute atomic E-state index is 9.75. The molecule has 1 nitrogen and oxygen atoms in total. The normalized spacial score (nSPS) is 18.7. The van der Waals surface area contributed by atoms with Gasteiger partial charge in [-0.1, -0.05) is 0 Å². The molecule has 0 amide bonds. The van der Waals surface area contributed by atoms with E-state index in [1.807, 2.05) is 0 Å². The number of hydrogen-bond donors (Lipinski definition) is 0. The molecule has 1 fully saturated rings. The minimum absolute atomic E-state index is 1.00. The van der Waals surface area contributed by atoms with Crippen LogP contribution in [0.5, 0.6) is 0 Å². The van der Waals surface area contributed by atoms with E-state index in [0.29, 0.717) is 0 Å². The molecule has 0 bridgehead atoms. The van der Waals surface area contributed by atoms with Crippen LogP contribution in [0.2, 0.25) is 0.0125 Å². The monoisotopic (exact) mass is 385 g/mol. The Labute approximate surface area is 152 Å². The molecule has 0 radical (unpaired) electrons. The first kappa shape index (κ1) is 27.8. The van der Waals surface area contributed by atoms with E-state index < -0.39 is 21.8 Å². The van der Waals surface area contributed by atoms with Gasteiger partial charge in [-0.15, -0.1) is 0 Å². The van der Waals surface area contributed by atoms with Gasteiger partial charge in [0.2, 0.25) is 0 Å². The minimum atomic E-state index is -6.00. The van der Waals surface area contributed by atoms with Crippen LogP contribution >= 0.6 is 0 Å². The van der Waals surface area contributed by atoms with Crippen molar-refractivity contribution in [1.29, 1.82) is 0 Å². The van der Waals surface area contributed by atoms with Crippen molar-refractivity contribution in [3.8, 4) is 0 Å². The fourth-order valence-electron chi connectivity index (χ4n) is 0.902. The van der Waals surface area contributed by atoms with Crippen LogP contribution in [0.3, 0.4) is 0 Å². The first-order valence-corrected chi connectivity index (χ1v) is 7.39. The standard InChI is InChI=1S/C5H9O.3BF4.K/c1-2-4-6-5-3-1;3*2-1(3,4)5;/h2H,1,3-5H2;;;;/q;3*-1;. The number of hydrogen-bond acceptors (Lipinski definition) is 1. The van der Waals surface area contributed by atoms with Crippen LogP contribution in [0.4, 0.5) is 51.8 Å². The van der Waals surface area contributed by atoms with Gasteiger partial charge >= 0.3 is 102 Å². The third kappa shape index (κ3) is 104. The second-order valence-electron chi connectivity index (χ2n) is 3.81. The van der Waals surface area contributed by atoms with E-state index in [2.05, 4.69) is 0 Å². The molecule has 1 aliphatic rings. The predicted octanol–water partition coefficient (Wildman–Crippen LogP) is 4.65. The zero-order valence-corrected chi connectivity index (χ0v) is 14.2. The van der Waals surface area contributed by atoms with Crippen molar-refractivity contribution in [2.45, 2.75) is 12.9 Å². The van der Waals surface area contributed by atoms with Gasteiger partial charge in [0.1, 0.15) is 0 Å². The maximum atomic E-state index is 9.75. The van der Waals surface area contributed by atoms with Gasteiger partial charge in [-0.3, -0.25) is 0 Å². The van der Waals surface area contributed by atoms with Crippen molar-refractivity contribution in [1.82, 2.24) is 0 Å². The summed E-state index contributed by atoms with van der Waals surface area (Å²) < 4.78 is 123. The Morgan fingerprint density at radius 1 is 0.682 bits per heavy atom. The summed E-state index contributed by atoms with van der Waals surface area (Å²) >= 11 is 1.01. The zero-order valence-electron chi connectivity index (χ0n) is 11.1. The first-order chi connectivity index (χ1) is 9.39. The first-order valence-electron chi connectivity index (χ1n) is 5.59. The van der Waals surface area contributed by atoms with E-state index >= 15 is 0 Å². The van der Waals surface area contributed by atoms with E-state index in [9.17, 15) is 51.8 Å². The second-order valence-corrected chi connectivity index (χ2v) is 6.36. The topological polar surface area (TPSA) is 9.23 Å². The Hall–Kier alpha value is 0.951. The number of ether oxygens (including phenoxy) is 1. The zero-order chi connectivity index (χ0) is 18.6. The third-order valence-corrected chi connectivity index (χ3v) is 2.81. The third-order valence-electron chi connectivity index (χ3n) is 1.39. The van der Waals surface area contributed by atoms with Gasteiger partial charge in [-0.2, -0.15) is 0 Å². The van der Waals surface area contributed by atoms with Crippen molar-refractivity contribution in [3.05, 3.63) is 0 Å². The second kappa shape index (κ2) is 13.3. The van der Waals surface area contributed by atoms with Crippen LogP contribution in [0.15, 0.2) is 0 Å². The van der Waals surface area contributed by atoms with Crippen LogP contribution in [-0.2, 0) is 4.74 Å². The molecular formula is C5H9B3F12KO-3. The average molecular weight is 385 g/mol. The Morgan fingerprint density at radius 3 is 1.05 bits per heavy atom. The van der Waals surface area contributed by atoms with E-state index in [4.69, 9.17) is 4.74 Å². The van der Waals surface area contributed by atoms with Crippen molar-refractivity contribution in [3.63, 3.8) is 0 Å². The molecule has 1 saturated heterocycles. The molecule has 0 spiro atoms. The molecule has 1 unspecified atom stereocenters. The molecule has 1 heterocycles. The van der Waals surface area contributed by atoms with Gasteiger partial charge < -0.3 is 51.8 Å². The summed E-state index contributed by atoms with van der Waals surface area (Å²) in [6, 6.07) is 0. The molecule has 22 heavy (non-hydrogen) atoms. The summed E-state index contributed by atoms with van der Waals surface area (Å²) in [5.41, 5.74) is 0. The molecule has 1 atom stereocenters. The molecule has 0 aromatic rings. The molecular weight excluding hydrogens is 376 g/mol. The van der Waals surface area contributed by atoms with E-state index in [-0.39, 0.29) is 0 Å². The van der Waals surface area contributed by atoms with Gasteiger partial charge in [0.25, 0.3) is 0 Å². The summed E-state index contributed by atoms with van der Waals surface area (Å²) in [6.07, 6.45) is 2.76. The van der Waals surface area contributed by atoms with Crippen LogP contribution in [0.1, 0.15) is 12.8 Å². The van der Waals surface area contributed by atoms with Crippen molar-refractivity contribution in [2.24, 2.45) is 0 Å². The Balaban J connectivity index is -0.000000223. The fraction of sp³-hybridized carbons (Fsp3) is 1.00. The summed E-state index contributed by atoms with van der Waals surface area (Å²) in [4.78, 5) is 0. The molecule has 0 aromatic carbocycles. The van der Waals surface area contributed by atoms with Crippen molar-refractivity contribution in [2.75, 3.05) is 13.2 Å². The summed E-state index contributed by atoms with van der Waals surface area (Å²) in [5, 5.41) is 0. The molecule has 0 aromatic heterocycles. The van der Waals surface area contributed by atoms with Crippen LogP contribution in [0.25, 0.3) is 0 Å². The summed E-state index contributed by atoms with van der Waals surface area (Å²) in [7, 11) is -18.0. The summed E-state index contributed by atoms with van der Waals surface area (Å²) in [5.74, 6) is 0. The van der Waals surface area contributed by atoms with E-state index in [1.165, 1.54) is 12.8 Å². The van der Waals surface area contributed by atoms with Gasteiger partial charge in [-0.05, 0) is 0 Å². The molecule has 1 rings (SSSR count). The number of rotatable bonds is 0. The predicted molar refractivity (Wildman–Crippen MR) is 60.1 cm³/mol. The quantitative estimate of drug-likeness (QED) is 0.436. The van der Waals surface area contributed by atoms with Crippen LogP contribution in [0, 0.1) is 0 Å². The Bertz CT molecular complexity index is 202. The Morgan fingerprint density at radius 2 is 0.955 bits per heavy atom. The van der Waals surface area contributed by atoms with Gasteiger partial charge in [-0.25, -0.2) is 0 Å². The van der Waals surface area contributed by atoms with Crippen LogP contribution in [-0.4, -0.2) is 83.9 Å². The van der Waals surface area contributed by atoms with Crippen LogP contribution < -0.4 is 0 Å².